The SMILES string of the molecule is S=C([S-])[S-].[Cu+2]. The van der Waals surface area contributed by atoms with Crippen molar-refractivity contribution in [3.8, 4) is 0 Å². The molecule has 0 heterocycles. The number of hydrogen-bond donors (Lipinski definition) is 0. The predicted molar refractivity (Wildman–Crippen MR) is 27.3 cm³/mol. The van der Waals surface area contributed by atoms with Crippen LogP contribution >= 0.6 is 12.2 Å². The largest absolute Gasteiger partial charge is 2.00 e. The number of rotatable bonds is 0. The second-order valence-electron chi connectivity index (χ2n) is 0.250. The van der Waals surface area contributed by atoms with Gasteiger partial charge < -0.3 is 37.5 Å². The van der Waals surface area contributed by atoms with E-state index in [9.17, 15) is 0 Å². The third-order valence-electron chi connectivity index (χ3n) is 0. The molecular formula is CCuS3. The van der Waals surface area contributed by atoms with E-state index in [1.807, 2.05) is 0 Å². The van der Waals surface area contributed by atoms with Gasteiger partial charge in [0.25, 0.3) is 0 Å². The van der Waals surface area contributed by atoms with Crippen molar-refractivity contribution in [1.29, 1.82) is 0 Å². The summed E-state index contributed by atoms with van der Waals surface area (Å²) in [4.78, 5) is 0. The van der Waals surface area contributed by atoms with Crippen LogP contribution in [0.2, 0.25) is 0 Å². The van der Waals surface area contributed by atoms with E-state index in [1.54, 1.807) is 0 Å². The van der Waals surface area contributed by atoms with Crippen molar-refractivity contribution in [2.75, 3.05) is 0 Å². The summed E-state index contributed by atoms with van der Waals surface area (Å²) in [6, 6.07) is 0. The van der Waals surface area contributed by atoms with E-state index >= 15 is 0 Å². The zero-order valence-corrected chi connectivity index (χ0v) is 5.42. The summed E-state index contributed by atoms with van der Waals surface area (Å²) < 4.78 is 0.167. The molecule has 0 fully saturated rings. The molecule has 0 spiro atoms. The van der Waals surface area contributed by atoms with E-state index in [2.05, 4.69) is 37.5 Å². The Morgan fingerprint density at radius 2 is 1.40 bits per heavy atom. The molecule has 0 bridgehead atoms. The Morgan fingerprint density at radius 1 is 1.40 bits per heavy atom. The topological polar surface area (TPSA) is 0 Å². The van der Waals surface area contributed by atoms with Gasteiger partial charge in [0.1, 0.15) is 0 Å². The molecule has 0 N–H and O–H groups in total. The first-order chi connectivity index (χ1) is 1.73. The molecule has 0 amide bonds. The zero-order valence-electron chi connectivity index (χ0n) is 2.03. The van der Waals surface area contributed by atoms with E-state index in [1.165, 1.54) is 0 Å². The Balaban J connectivity index is 0. The molecule has 0 saturated heterocycles. The normalized spacial score (nSPS) is 4.80. The first-order valence-corrected chi connectivity index (χ1v) is 1.84. The fraction of sp³-hybridized carbons (Fsp3) is 0. The van der Waals surface area contributed by atoms with Crippen LogP contribution in [-0.4, -0.2) is 3.53 Å². The summed E-state index contributed by atoms with van der Waals surface area (Å²) in [6.45, 7) is 0. The van der Waals surface area contributed by atoms with Crippen LogP contribution in [0, 0.1) is 0 Å². The van der Waals surface area contributed by atoms with E-state index in [4.69, 9.17) is 0 Å². The number of thiocarbonyl (C=S) groups is 1. The van der Waals surface area contributed by atoms with Gasteiger partial charge in [-0.25, -0.2) is 0 Å². The van der Waals surface area contributed by atoms with Crippen LogP contribution in [0.15, 0.2) is 0 Å². The van der Waals surface area contributed by atoms with Crippen LogP contribution in [0.4, 0.5) is 0 Å². The maximum atomic E-state index is 4.17. The van der Waals surface area contributed by atoms with Gasteiger partial charge in [0.2, 0.25) is 0 Å². The smallest absolute Gasteiger partial charge is 0.570 e. The summed E-state index contributed by atoms with van der Waals surface area (Å²) >= 11 is 12.5. The van der Waals surface area contributed by atoms with Crippen molar-refractivity contribution in [1.82, 2.24) is 0 Å². The number of hydrogen-bond acceptors (Lipinski definition) is 3. The van der Waals surface area contributed by atoms with Gasteiger partial charge in [0, 0.05) is 0 Å². The fourth-order valence-electron chi connectivity index (χ4n) is 0. The van der Waals surface area contributed by atoms with Crippen molar-refractivity contribution in [3.05, 3.63) is 0 Å². The maximum absolute atomic E-state index is 4.17. The third-order valence-corrected chi connectivity index (χ3v) is 0. The molecule has 0 nitrogen and oxygen atoms in total. The van der Waals surface area contributed by atoms with E-state index in [0.717, 1.165) is 0 Å². The minimum absolute atomic E-state index is 0. The van der Waals surface area contributed by atoms with Crippen molar-refractivity contribution in [2.45, 2.75) is 0 Å². The van der Waals surface area contributed by atoms with Gasteiger partial charge in [-0.05, 0) is 0 Å². The van der Waals surface area contributed by atoms with Crippen molar-refractivity contribution in [3.63, 3.8) is 0 Å². The molecule has 0 saturated carbocycles. The van der Waals surface area contributed by atoms with E-state index in [-0.39, 0.29) is 20.6 Å². The quantitative estimate of drug-likeness (QED) is 0.294. The minimum atomic E-state index is 0. The van der Waals surface area contributed by atoms with Gasteiger partial charge in [-0.1, -0.05) is 0 Å². The molecule has 5 heavy (non-hydrogen) atoms. The summed E-state index contributed by atoms with van der Waals surface area (Å²) in [5.41, 5.74) is 0. The Labute approximate surface area is 58.0 Å². The Kier molecular flexibility index (Phi) is 9.50. The monoisotopic (exact) mass is 171 g/mol. The van der Waals surface area contributed by atoms with Gasteiger partial charge in [-0.3, -0.25) is 3.53 Å². The van der Waals surface area contributed by atoms with Crippen LogP contribution in [0.25, 0.3) is 0 Å². The van der Waals surface area contributed by atoms with E-state index in [0.29, 0.717) is 0 Å². The van der Waals surface area contributed by atoms with Crippen LogP contribution in [-0.2, 0) is 42.3 Å². The molecule has 0 aromatic rings. The average Bonchev–Trinajstić information content (AvgIpc) is 0.811. The van der Waals surface area contributed by atoms with Crippen molar-refractivity contribution >= 4 is 41.0 Å². The molecular weight excluding hydrogens is 172 g/mol. The minimum Gasteiger partial charge on any atom is -0.570 e. The molecule has 0 aromatic carbocycles. The first-order valence-electron chi connectivity index (χ1n) is 0.612. The summed E-state index contributed by atoms with van der Waals surface area (Å²) in [5.74, 6) is 0. The van der Waals surface area contributed by atoms with Gasteiger partial charge >= 0.3 is 17.1 Å². The molecule has 1 radical (unpaired) electrons. The van der Waals surface area contributed by atoms with Gasteiger partial charge in [0.15, 0.2) is 0 Å². The maximum Gasteiger partial charge on any atom is 2.00 e. The van der Waals surface area contributed by atoms with Crippen LogP contribution in [0.5, 0.6) is 0 Å². The van der Waals surface area contributed by atoms with Gasteiger partial charge in [0.05, 0.1) is 0 Å². The average molecular weight is 172 g/mol. The van der Waals surface area contributed by atoms with Gasteiger partial charge in [-0.15, -0.1) is 0 Å². The molecule has 0 aliphatic rings. The molecule has 0 aliphatic heterocycles. The molecule has 0 aliphatic carbocycles. The zero-order chi connectivity index (χ0) is 3.58. The predicted octanol–water partition coefficient (Wildman–Crippen LogP) is 0.363. The second kappa shape index (κ2) is 5.05. The Hall–Kier alpha value is 1.05. The standard InChI is InChI=1S/CH2S3.Cu/c2-1(3)4;/h(H2,2,3,4);/q;+2/p-2. The Bertz CT molecular complexity index is 29.9. The summed E-state index contributed by atoms with van der Waals surface area (Å²) in [6.07, 6.45) is 0. The second-order valence-corrected chi connectivity index (χ2v) is 2.25. The Morgan fingerprint density at radius 3 is 1.40 bits per heavy atom. The fourth-order valence-corrected chi connectivity index (χ4v) is 0. The van der Waals surface area contributed by atoms with E-state index < -0.39 is 0 Å². The summed E-state index contributed by atoms with van der Waals surface area (Å²) in [7, 11) is 0. The first kappa shape index (κ1) is 9.41. The molecule has 0 rings (SSSR count). The molecule has 33 valence electrons. The van der Waals surface area contributed by atoms with Crippen LogP contribution in [0.1, 0.15) is 0 Å². The molecule has 0 unspecified atom stereocenters. The third kappa shape index (κ3) is 42.6. The molecule has 0 aromatic heterocycles. The van der Waals surface area contributed by atoms with Gasteiger partial charge in [-0.2, -0.15) is 0 Å². The molecule has 0 atom stereocenters. The van der Waals surface area contributed by atoms with Crippen LogP contribution in [0.3, 0.4) is 0 Å². The van der Waals surface area contributed by atoms with Crippen molar-refractivity contribution < 1.29 is 17.1 Å². The molecule has 4 heteroatoms. The van der Waals surface area contributed by atoms with Crippen molar-refractivity contribution in [2.24, 2.45) is 0 Å². The van der Waals surface area contributed by atoms with Crippen LogP contribution < -0.4 is 0 Å². The summed E-state index contributed by atoms with van der Waals surface area (Å²) in [5, 5.41) is 0.